The smallest absolute Gasteiger partial charge is 0.326 e. The lowest BCUT2D eigenvalue weighted by molar-refractivity contribution is -0.142. The minimum absolute atomic E-state index is 0.207. The highest BCUT2D eigenvalue weighted by Crippen LogP contribution is 2.31. The van der Waals surface area contributed by atoms with E-state index in [-0.39, 0.29) is 25.5 Å². The normalized spacial score (nSPS) is 15.5. The van der Waals surface area contributed by atoms with Crippen molar-refractivity contribution in [3.63, 3.8) is 0 Å². The summed E-state index contributed by atoms with van der Waals surface area (Å²) >= 11 is 0. The average Bonchev–Trinajstić information content (AvgIpc) is 3.24. The summed E-state index contributed by atoms with van der Waals surface area (Å²) < 4.78 is 20.1. The number of halogens is 1. The van der Waals surface area contributed by atoms with Crippen LogP contribution >= 0.6 is 0 Å². The monoisotopic (exact) mass is 469 g/mol. The predicted molar refractivity (Wildman–Crippen MR) is 133 cm³/mol. The van der Waals surface area contributed by atoms with E-state index in [9.17, 15) is 14.0 Å². The lowest BCUT2D eigenvalue weighted by atomic mass is 9.99. The molecular formula is C28H24FN3O3. The number of fused-ring (bicyclic) bond motifs is 2. The van der Waals surface area contributed by atoms with Crippen LogP contribution < -0.4 is 4.90 Å². The summed E-state index contributed by atoms with van der Waals surface area (Å²) in [6.45, 7) is 1.67. The summed E-state index contributed by atoms with van der Waals surface area (Å²) in [7, 11) is 0. The van der Waals surface area contributed by atoms with Crippen molar-refractivity contribution >= 4 is 34.2 Å². The fourth-order valence-electron chi connectivity index (χ4n) is 4.50. The molecule has 0 spiro atoms. The number of aromatic amines is 1. The Bertz CT molecular complexity index is 1440. The number of H-pyrrole nitrogens is 1. The van der Waals surface area contributed by atoms with Crippen LogP contribution in [0, 0.1) is 5.82 Å². The van der Waals surface area contributed by atoms with E-state index < -0.39 is 17.8 Å². The molecule has 4 aromatic rings. The van der Waals surface area contributed by atoms with E-state index in [2.05, 4.69) is 4.98 Å². The molecule has 1 aliphatic heterocycles. The number of nitrogens with one attached hydrogen (secondary N) is 1. The highest BCUT2D eigenvalue weighted by atomic mass is 19.1. The number of nitrogens with zero attached hydrogens (tertiary/aromatic N) is 2. The molecular weight excluding hydrogens is 445 g/mol. The Labute approximate surface area is 202 Å². The van der Waals surface area contributed by atoms with Gasteiger partial charge in [0.25, 0.3) is 5.91 Å². The molecule has 35 heavy (non-hydrogen) atoms. The summed E-state index contributed by atoms with van der Waals surface area (Å²) in [4.78, 5) is 35.8. The number of ether oxygens (including phenoxy) is 1. The van der Waals surface area contributed by atoms with Crippen LogP contribution in [0.2, 0.25) is 0 Å². The second kappa shape index (κ2) is 9.54. The Hall–Kier alpha value is -4.26. The number of esters is 1. The molecule has 1 aliphatic rings. The van der Waals surface area contributed by atoms with Crippen molar-refractivity contribution < 1.29 is 18.7 Å². The van der Waals surface area contributed by atoms with Crippen LogP contribution in [0.3, 0.4) is 0 Å². The standard InChI is InChI=1S/C28H24FN3O3/c1-2-35-26(33)17-32-25-14-8-5-11-21(25)27(20-10-3-6-12-22(20)29)31-24(28(32)34)15-18-16-30-23-13-7-4-9-19(18)23/h3-14,16,24,30H,2,15,17H2,1H3. The van der Waals surface area contributed by atoms with Gasteiger partial charge in [0, 0.05) is 34.6 Å². The maximum Gasteiger partial charge on any atom is 0.326 e. The first-order valence-corrected chi connectivity index (χ1v) is 11.5. The molecule has 0 aliphatic carbocycles. The van der Waals surface area contributed by atoms with E-state index in [1.54, 1.807) is 43.3 Å². The van der Waals surface area contributed by atoms with Gasteiger partial charge < -0.3 is 9.72 Å². The molecule has 2 heterocycles. The Morgan fingerprint density at radius 2 is 1.74 bits per heavy atom. The van der Waals surface area contributed by atoms with Crippen LogP contribution in [-0.4, -0.2) is 41.8 Å². The first-order valence-electron chi connectivity index (χ1n) is 11.5. The van der Waals surface area contributed by atoms with Gasteiger partial charge in [0.05, 0.1) is 18.0 Å². The molecule has 0 fully saturated rings. The summed E-state index contributed by atoms with van der Waals surface area (Å²) in [5.41, 5.74) is 3.62. The number of rotatable bonds is 6. The number of carbonyl (C=O) groups excluding carboxylic acids is 2. The Morgan fingerprint density at radius 1 is 1.03 bits per heavy atom. The summed E-state index contributed by atoms with van der Waals surface area (Å²) in [5, 5.41) is 0.988. The largest absolute Gasteiger partial charge is 0.465 e. The van der Waals surface area contributed by atoms with Crippen molar-refractivity contribution in [2.45, 2.75) is 19.4 Å². The number of aromatic nitrogens is 1. The van der Waals surface area contributed by atoms with E-state index in [4.69, 9.17) is 9.73 Å². The minimum atomic E-state index is -0.870. The molecule has 1 unspecified atom stereocenters. The molecule has 5 rings (SSSR count). The third-order valence-corrected chi connectivity index (χ3v) is 6.10. The highest BCUT2D eigenvalue weighted by molar-refractivity contribution is 6.20. The van der Waals surface area contributed by atoms with Gasteiger partial charge in [-0.2, -0.15) is 0 Å². The molecule has 3 aromatic carbocycles. The second-order valence-electron chi connectivity index (χ2n) is 8.28. The number of hydrogen-bond donors (Lipinski definition) is 1. The van der Waals surface area contributed by atoms with Gasteiger partial charge in [-0.05, 0) is 36.8 Å². The van der Waals surface area contributed by atoms with Crippen molar-refractivity contribution in [1.82, 2.24) is 4.98 Å². The topological polar surface area (TPSA) is 74.8 Å². The zero-order valence-corrected chi connectivity index (χ0v) is 19.2. The predicted octanol–water partition coefficient (Wildman–Crippen LogP) is 4.67. The third kappa shape index (κ3) is 4.33. The van der Waals surface area contributed by atoms with Gasteiger partial charge in [0.1, 0.15) is 18.4 Å². The molecule has 6 nitrogen and oxygen atoms in total. The Balaban J connectivity index is 1.66. The van der Waals surface area contributed by atoms with Crippen molar-refractivity contribution in [3.8, 4) is 0 Å². The van der Waals surface area contributed by atoms with E-state index in [1.165, 1.54) is 11.0 Å². The zero-order chi connectivity index (χ0) is 24.4. The fraction of sp³-hybridized carbons (Fsp3) is 0.179. The van der Waals surface area contributed by atoms with Gasteiger partial charge in [0.2, 0.25) is 0 Å². The van der Waals surface area contributed by atoms with Crippen molar-refractivity contribution in [1.29, 1.82) is 0 Å². The van der Waals surface area contributed by atoms with E-state index in [1.807, 2.05) is 36.5 Å². The van der Waals surface area contributed by atoms with Gasteiger partial charge in [-0.1, -0.05) is 48.5 Å². The van der Waals surface area contributed by atoms with Crippen molar-refractivity contribution in [2.24, 2.45) is 4.99 Å². The maximum absolute atomic E-state index is 15.0. The lowest BCUT2D eigenvalue weighted by Crippen LogP contribution is -2.42. The van der Waals surface area contributed by atoms with Crippen LogP contribution in [0.15, 0.2) is 84.0 Å². The maximum atomic E-state index is 15.0. The summed E-state index contributed by atoms with van der Waals surface area (Å²) in [6, 6.07) is 20.5. The van der Waals surface area contributed by atoms with Gasteiger partial charge in [-0.3, -0.25) is 19.5 Å². The lowest BCUT2D eigenvalue weighted by Gasteiger charge is -2.24. The third-order valence-electron chi connectivity index (χ3n) is 6.10. The fourth-order valence-corrected chi connectivity index (χ4v) is 4.50. The highest BCUT2D eigenvalue weighted by Gasteiger charge is 2.34. The molecule has 176 valence electrons. The van der Waals surface area contributed by atoms with E-state index >= 15 is 0 Å². The molecule has 0 bridgehead atoms. The SMILES string of the molecule is CCOC(=O)CN1C(=O)C(Cc2c[nH]c3ccccc23)N=C(c2ccccc2F)c2ccccc21. The molecule has 1 amide bonds. The molecule has 1 aromatic heterocycles. The van der Waals surface area contributed by atoms with Crippen LogP contribution in [-0.2, 0) is 20.7 Å². The van der Waals surface area contributed by atoms with Gasteiger partial charge >= 0.3 is 5.97 Å². The van der Waals surface area contributed by atoms with E-state index in [0.29, 0.717) is 22.5 Å². The van der Waals surface area contributed by atoms with Gasteiger partial charge in [-0.25, -0.2) is 4.39 Å². The van der Waals surface area contributed by atoms with Crippen molar-refractivity contribution in [3.05, 3.63) is 102 Å². The van der Waals surface area contributed by atoms with Crippen LogP contribution in [0.4, 0.5) is 10.1 Å². The molecule has 1 N–H and O–H groups in total. The number of aliphatic imine (C=N–C) groups is 1. The first kappa shape index (κ1) is 22.5. The second-order valence-corrected chi connectivity index (χ2v) is 8.28. The number of carbonyl (C=O) groups is 2. The number of amides is 1. The molecule has 0 radical (unpaired) electrons. The summed E-state index contributed by atoms with van der Waals surface area (Å²) in [6.07, 6.45) is 2.15. The number of hydrogen-bond acceptors (Lipinski definition) is 4. The molecule has 0 saturated heterocycles. The van der Waals surface area contributed by atoms with Crippen LogP contribution in [0.25, 0.3) is 10.9 Å². The van der Waals surface area contributed by atoms with Crippen LogP contribution in [0.1, 0.15) is 23.6 Å². The zero-order valence-electron chi connectivity index (χ0n) is 19.2. The minimum Gasteiger partial charge on any atom is -0.465 e. The first-order chi connectivity index (χ1) is 17.1. The average molecular weight is 470 g/mol. The number of para-hydroxylation sites is 2. The number of benzene rings is 3. The van der Waals surface area contributed by atoms with Crippen molar-refractivity contribution in [2.75, 3.05) is 18.1 Å². The summed E-state index contributed by atoms with van der Waals surface area (Å²) in [5.74, 6) is -1.30. The van der Waals surface area contributed by atoms with Gasteiger partial charge in [0.15, 0.2) is 0 Å². The molecule has 0 saturated carbocycles. The van der Waals surface area contributed by atoms with Crippen LogP contribution in [0.5, 0.6) is 0 Å². The van der Waals surface area contributed by atoms with E-state index in [0.717, 1.165) is 16.5 Å². The van der Waals surface area contributed by atoms with Gasteiger partial charge in [-0.15, -0.1) is 0 Å². The quantitative estimate of drug-likeness (QED) is 0.417. The Kier molecular flexibility index (Phi) is 6.14. The number of anilines is 1. The Morgan fingerprint density at radius 3 is 2.54 bits per heavy atom. The number of benzodiazepines with no additional fused rings is 1. The molecule has 7 heteroatoms. The molecule has 1 atom stereocenters.